The average Bonchev–Trinajstić information content (AvgIpc) is 2.83. The van der Waals surface area contributed by atoms with Crippen LogP contribution in [0.4, 0.5) is 5.69 Å². The first-order valence-electron chi connectivity index (χ1n) is 5.88. The summed E-state index contributed by atoms with van der Waals surface area (Å²) in [5.41, 5.74) is 2.27. The molecule has 0 bridgehead atoms. The van der Waals surface area contributed by atoms with E-state index in [-0.39, 0.29) is 0 Å². The predicted molar refractivity (Wildman–Crippen MR) is 85.6 cm³/mol. The van der Waals surface area contributed by atoms with Gasteiger partial charge in [0.15, 0.2) is 0 Å². The Bertz CT molecular complexity index is 721. The highest BCUT2D eigenvalue weighted by molar-refractivity contribution is 7.17. The highest BCUT2D eigenvalue weighted by atomic mass is 35.5. The van der Waals surface area contributed by atoms with E-state index < -0.39 is 0 Å². The molecule has 1 heterocycles. The fraction of sp³-hybridized carbons (Fsp3) is 0.0667. The van der Waals surface area contributed by atoms with Crippen LogP contribution in [0.3, 0.4) is 0 Å². The zero-order valence-electron chi connectivity index (χ0n) is 9.99. The van der Waals surface area contributed by atoms with Gasteiger partial charge in [0, 0.05) is 16.9 Å². The zero-order valence-corrected chi connectivity index (χ0v) is 12.3. The third-order valence-corrected chi connectivity index (χ3v) is 4.72. The number of benzene rings is 2. The van der Waals surface area contributed by atoms with Gasteiger partial charge < -0.3 is 5.32 Å². The summed E-state index contributed by atoms with van der Waals surface area (Å²) in [7, 11) is 0. The molecule has 0 atom stereocenters. The molecule has 0 amide bonds. The van der Waals surface area contributed by atoms with Crippen molar-refractivity contribution in [2.75, 3.05) is 5.32 Å². The Morgan fingerprint density at radius 2 is 1.84 bits per heavy atom. The predicted octanol–water partition coefficient (Wildman–Crippen LogP) is 5.82. The molecule has 0 spiro atoms. The van der Waals surface area contributed by atoms with Gasteiger partial charge in [0.1, 0.15) is 0 Å². The lowest BCUT2D eigenvalue weighted by atomic mass is 10.2. The highest BCUT2D eigenvalue weighted by Gasteiger charge is 2.04. The topological polar surface area (TPSA) is 12.0 Å². The quantitative estimate of drug-likeness (QED) is 0.643. The maximum atomic E-state index is 6.00. The molecular formula is C15H11Cl2NS. The number of fused-ring (bicyclic) bond motifs is 1. The van der Waals surface area contributed by atoms with Crippen molar-refractivity contribution in [2.24, 2.45) is 0 Å². The molecule has 0 saturated heterocycles. The highest BCUT2D eigenvalue weighted by Crippen LogP contribution is 2.28. The molecule has 19 heavy (non-hydrogen) atoms. The third-order valence-electron chi connectivity index (χ3n) is 2.96. The Balaban J connectivity index is 1.80. The first-order chi connectivity index (χ1) is 9.24. The van der Waals surface area contributed by atoms with Gasteiger partial charge in [-0.1, -0.05) is 41.4 Å². The number of thiophene rings is 1. The molecule has 96 valence electrons. The fourth-order valence-corrected chi connectivity index (χ4v) is 3.23. The molecule has 4 heteroatoms. The second-order valence-electron chi connectivity index (χ2n) is 4.24. The van der Waals surface area contributed by atoms with Crippen LogP contribution in [0.1, 0.15) is 5.56 Å². The van der Waals surface area contributed by atoms with E-state index >= 15 is 0 Å². The monoisotopic (exact) mass is 307 g/mol. The Morgan fingerprint density at radius 3 is 2.68 bits per heavy atom. The zero-order chi connectivity index (χ0) is 13.2. The SMILES string of the molecule is Clc1ccc(NCc2csc3ccccc23)cc1Cl. The molecule has 1 aromatic heterocycles. The maximum Gasteiger partial charge on any atom is 0.0612 e. The van der Waals surface area contributed by atoms with Crippen LogP contribution in [0.2, 0.25) is 10.0 Å². The number of halogens is 2. The number of nitrogens with one attached hydrogen (secondary N) is 1. The van der Waals surface area contributed by atoms with Gasteiger partial charge >= 0.3 is 0 Å². The van der Waals surface area contributed by atoms with Gasteiger partial charge in [0.25, 0.3) is 0 Å². The lowest BCUT2D eigenvalue weighted by Gasteiger charge is -2.07. The van der Waals surface area contributed by atoms with Crippen LogP contribution in [0.5, 0.6) is 0 Å². The summed E-state index contributed by atoms with van der Waals surface area (Å²) in [5, 5.41) is 8.01. The van der Waals surface area contributed by atoms with Crippen LogP contribution in [0.15, 0.2) is 47.8 Å². The van der Waals surface area contributed by atoms with Gasteiger partial charge in [-0.15, -0.1) is 11.3 Å². The summed E-state index contributed by atoms with van der Waals surface area (Å²) in [6.07, 6.45) is 0. The molecular weight excluding hydrogens is 297 g/mol. The van der Waals surface area contributed by atoms with Crippen molar-refractivity contribution in [3.63, 3.8) is 0 Å². The van der Waals surface area contributed by atoms with Crippen molar-refractivity contribution in [3.8, 4) is 0 Å². The molecule has 1 N–H and O–H groups in total. The molecule has 0 saturated carbocycles. The standard InChI is InChI=1S/C15H11Cl2NS/c16-13-6-5-11(7-14(13)17)18-8-10-9-19-15-4-2-1-3-12(10)15/h1-7,9,18H,8H2. The van der Waals surface area contributed by atoms with Crippen molar-refractivity contribution < 1.29 is 0 Å². The Labute approximate surface area is 125 Å². The van der Waals surface area contributed by atoms with Crippen molar-refractivity contribution in [3.05, 3.63) is 63.5 Å². The van der Waals surface area contributed by atoms with E-state index in [2.05, 4.69) is 35.0 Å². The number of hydrogen-bond donors (Lipinski definition) is 1. The normalized spacial score (nSPS) is 10.8. The largest absolute Gasteiger partial charge is 0.381 e. The van der Waals surface area contributed by atoms with E-state index in [1.807, 2.05) is 12.1 Å². The summed E-state index contributed by atoms with van der Waals surface area (Å²) in [6, 6.07) is 14.0. The van der Waals surface area contributed by atoms with Gasteiger partial charge in [0.05, 0.1) is 10.0 Å². The molecule has 0 aliphatic carbocycles. The molecule has 2 aromatic carbocycles. The number of anilines is 1. The van der Waals surface area contributed by atoms with Gasteiger partial charge in [-0.25, -0.2) is 0 Å². The lowest BCUT2D eigenvalue weighted by molar-refractivity contribution is 1.18. The molecule has 0 aliphatic rings. The summed E-state index contributed by atoms with van der Waals surface area (Å²) in [5.74, 6) is 0. The van der Waals surface area contributed by atoms with Gasteiger partial charge in [-0.05, 0) is 40.6 Å². The van der Waals surface area contributed by atoms with E-state index in [1.54, 1.807) is 17.4 Å². The molecule has 0 fully saturated rings. The molecule has 3 aromatic rings. The molecule has 0 unspecified atom stereocenters. The van der Waals surface area contributed by atoms with Gasteiger partial charge in [-0.3, -0.25) is 0 Å². The minimum Gasteiger partial charge on any atom is -0.381 e. The Hall–Kier alpha value is -1.22. The molecule has 1 nitrogen and oxygen atoms in total. The van der Waals surface area contributed by atoms with E-state index in [0.29, 0.717) is 10.0 Å². The number of rotatable bonds is 3. The fourth-order valence-electron chi connectivity index (χ4n) is 1.97. The van der Waals surface area contributed by atoms with E-state index in [4.69, 9.17) is 23.2 Å². The first kappa shape index (κ1) is 12.8. The summed E-state index contributed by atoms with van der Waals surface area (Å²) >= 11 is 13.7. The van der Waals surface area contributed by atoms with E-state index in [1.165, 1.54) is 15.6 Å². The second kappa shape index (κ2) is 5.41. The second-order valence-corrected chi connectivity index (χ2v) is 5.97. The van der Waals surface area contributed by atoms with Gasteiger partial charge in [0.2, 0.25) is 0 Å². The Morgan fingerprint density at radius 1 is 1.00 bits per heavy atom. The Kier molecular flexibility index (Phi) is 3.65. The van der Waals surface area contributed by atoms with Crippen LogP contribution >= 0.6 is 34.5 Å². The van der Waals surface area contributed by atoms with Crippen molar-refractivity contribution in [1.29, 1.82) is 0 Å². The van der Waals surface area contributed by atoms with Crippen LogP contribution in [0, 0.1) is 0 Å². The van der Waals surface area contributed by atoms with Crippen LogP contribution < -0.4 is 5.32 Å². The van der Waals surface area contributed by atoms with Crippen LogP contribution in [-0.2, 0) is 6.54 Å². The van der Waals surface area contributed by atoms with E-state index in [9.17, 15) is 0 Å². The number of hydrogen-bond acceptors (Lipinski definition) is 2. The summed E-state index contributed by atoms with van der Waals surface area (Å²) < 4.78 is 1.31. The third kappa shape index (κ3) is 2.71. The molecule has 3 rings (SSSR count). The summed E-state index contributed by atoms with van der Waals surface area (Å²) in [4.78, 5) is 0. The first-order valence-corrected chi connectivity index (χ1v) is 7.51. The summed E-state index contributed by atoms with van der Waals surface area (Å²) in [6.45, 7) is 0.780. The van der Waals surface area contributed by atoms with Crippen LogP contribution in [-0.4, -0.2) is 0 Å². The molecule has 0 aliphatic heterocycles. The van der Waals surface area contributed by atoms with Crippen molar-refractivity contribution in [2.45, 2.75) is 6.54 Å². The maximum absolute atomic E-state index is 6.00. The minimum absolute atomic E-state index is 0.571. The van der Waals surface area contributed by atoms with Crippen molar-refractivity contribution >= 4 is 50.3 Å². The van der Waals surface area contributed by atoms with Gasteiger partial charge in [-0.2, -0.15) is 0 Å². The van der Waals surface area contributed by atoms with E-state index in [0.717, 1.165) is 12.2 Å². The van der Waals surface area contributed by atoms with Crippen LogP contribution in [0.25, 0.3) is 10.1 Å². The van der Waals surface area contributed by atoms with Crippen molar-refractivity contribution in [1.82, 2.24) is 0 Å². The smallest absolute Gasteiger partial charge is 0.0612 e. The average molecular weight is 308 g/mol. The lowest BCUT2D eigenvalue weighted by Crippen LogP contribution is -1.98. The molecule has 0 radical (unpaired) electrons. The minimum atomic E-state index is 0.571.